The number of rotatable bonds is 5. The highest BCUT2D eigenvalue weighted by molar-refractivity contribution is 5.78. The van der Waals surface area contributed by atoms with Crippen LogP contribution in [0.5, 0.6) is 0 Å². The number of hydrogen-bond acceptors (Lipinski definition) is 3. The average Bonchev–Trinajstić information content (AvgIpc) is 2.86. The maximum absolute atomic E-state index is 12.7. The van der Waals surface area contributed by atoms with Crippen molar-refractivity contribution in [1.82, 2.24) is 14.0 Å². The molecule has 1 aliphatic heterocycles. The topological polar surface area (TPSA) is 73.3 Å². The van der Waals surface area contributed by atoms with Crippen LogP contribution in [0.15, 0.2) is 29.1 Å². The van der Waals surface area contributed by atoms with Crippen molar-refractivity contribution in [3.05, 3.63) is 34.7 Å². The molecule has 24 heavy (non-hydrogen) atoms. The summed E-state index contributed by atoms with van der Waals surface area (Å²) in [6, 6.07) is 8.01. The van der Waals surface area contributed by atoms with E-state index in [1.807, 2.05) is 29.2 Å². The average molecular weight is 330 g/mol. The number of aromatic nitrogens is 2. The number of aryl methyl sites for hydroxylation is 2. The number of piperidine rings is 1. The van der Waals surface area contributed by atoms with Gasteiger partial charge in [0.15, 0.2) is 0 Å². The molecule has 1 saturated heterocycles. The fraction of sp³-hybridized carbons (Fsp3) is 0.556. The van der Waals surface area contributed by atoms with Crippen molar-refractivity contribution in [2.45, 2.75) is 51.7 Å². The molecule has 0 spiro atoms. The van der Waals surface area contributed by atoms with Crippen molar-refractivity contribution in [3.63, 3.8) is 0 Å². The lowest BCUT2D eigenvalue weighted by Crippen LogP contribution is -2.43. The maximum Gasteiger partial charge on any atom is 0.329 e. The molecule has 1 aromatic heterocycles. The van der Waals surface area contributed by atoms with E-state index < -0.39 is 0 Å². The zero-order valence-corrected chi connectivity index (χ0v) is 14.3. The Bertz CT molecular complexity index is 769. The van der Waals surface area contributed by atoms with E-state index in [0.717, 1.165) is 43.4 Å². The van der Waals surface area contributed by atoms with Gasteiger partial charge in [0.25, 0.3) is 0 Å². The van der Waals surface area contributed by atoms with E-state index in [9.17, 15) is 9.59 Å². The molecule has 6 heteroatoms. The molecule has 0 unspecified atom stereocenters. The molecule has 0 aliphatic carbocycles. The molecular weight excluding hydrogens is 304 g/mol. The van der Waals surface area contributed by atoms with Gasteiger partial charge in [0.1, 0.15) is 0 Å². The summed E-state index contributed by atoms with van der Waals surface area (Å²) in [5.41, 5.74) is 7.72. The van der Waals surface area contributed by atoms with E-state index in [2.05, 4.69) is 6.92 Å². The maximum atomic E-state index is 12.7. The molecule has 6 nitrogen and oxygen atoms in total. The number of carbonyl (C=O) groups excluding carboxylic acids is 1. The summed E-state index contributed by atoms with van der Waals surface area (Å²) in [4.78, 5) is 27.0. The summed E-state index contributed by atoms with van der Waals surface area (Å²) in [7, 11) is 0. The summed E-state index contributed by atoms with van der Waals surface area (Å²) < 4.78 is 3.54. The minimum atomic E-state index is -0.0217. The second-order valence-corrected chi connectivity index (χ2v) is 6.54. The molecule has 2 aromatic rings. The number of carbonyl (C=O) groups is 1. The largest absolute Gasteiger partial charge is 0.343 e. The summed E-state index contributed by atoms with van der Waals surface area (Å²) in [5.74, 6) is 0.112. The fourth-order valence-electron chi connectivity index (χ4n) is 3.44. The first kappa shape index (κ1) is 16.8. The van der Waals surface area contributed by atoms with Gasteiger partial charge in [-0.3, -0.25) is 13.9 Å². The van der Waals surface area contributed by atoms with E-state index in [4.69, 9.17) is 5.73 Å². The molecule has 0 radical (unpaired) electrons. The normalized spacial score (nSPS) is 16.0. The highest BCUT2D eigenvalue weighted by Gasteiger charge is 2.21. The quantitative estimate of drug-likeness (QED) is 0.904. The Morgan fingerprint density at radius 1 is 1.12 bits per heavy atom. The molecule has 0 saturated carbocycles. The lowest BCUT2D eigenvalue weighted by Gasteiger charge is -2.30. The third kappa shape index (κ3) is 3.24. The molecule has 130 valence electrons. The number of likely N-dealkylation sites (tertiary alicyclic amines) is 1. The van der Waals surface area contributed by atoms with Gasteiger partial charge in [-0.05, 0) is 31.4 Å². The Balaban J connectivity index is 1.77. The van der Waals surface area contributed by atoms with Crippen LogP contribution in [0, 0.1) is 0 Å². The molecular formula is C18H26N4O2. The SMILES string of the molecule is CCCn1c(=O)n(CCC(=O)N2CCC(N)CC2)c2ccccc21. The second kappa shape index (κ2) is 7.21. The minimum absolute atomic E-state index is 0.0217. The lowest BCUT2D eigenvalue weighted by molar-refractivity contribution is -0.132. The van der Waals surface area contributed by atoms with E-state index in [-0.39, 0.29) is 17.6 Å². The number of para-hydroxylation sites is 2. The molecule has 3 rings (SSSR count). The standard InChI is InChI=1S/C18H26N4O2/c1-2-10-21-15-5-3-4-6-16(15)22(18(21)24)13-9-17(23)20-11-7-14(19)8-12-20/h3-6,14H,2,7-13,19H2,1H3. The Labute approximate surface area is 141 Å². The van der Waals surface area contributed by atoms with E-state index in [1.54, 1.807) is 9.13 Å². The van der Waals surface area contributed by atoms with Gasteiger partial charge in [-0.1, -0.05) is 19.1 Å². The van der Waals surface area contributed by atoms with Gasteiger partial charge >= 0.3 is 5.69 Å². The first-order valence-electron chi connectivity index (χ1n) is 8.83. The van der Waals surface area contributed by atoms with Crippen molar-refractivity contribution in [2.24, 2.45) is 5.73 Å². The van der Waals surface area contributed by atoms with Gasteiger partial charge < -0.3 is 10.6 Å². The van der Waals surface area contributed by atoms with Crippen LogP contribution in [0.3, 0.4) is 0 Å². The van der Waals surface area contributed by atoms with Crippen molar-refractivity contribution in [2.75, 3.05) is 13.1 Å². The first-order chi connectivity index (χ1) is 11.6. The van der Waals surface area contributed by atoms with Gasteiger partial charge in [0, 0.05) is 38.6 Å². The van der Waals surface area contributed by atoms with Gasteiger partial charge in [-0.25, -0.2) is 4.79 Å². The molecule has 2 heterocycles. The molecule has 1 aromatic carbocycles. The van der Waals surface area contributed by atoms with Crippen LogP contribution >= 0.6 is 0 Å². The monoisotopic (exact) mass is 330 g/mol. The van der Waals surface area contributed by atoms with Gasteiger partial charge in [0.2, 0.25) is 5.91 Å². The van der Waals surface area contributed by atoms with Gasteiger partial charge in [0.05, 0.1) is 11.0 Å². The van der Waals surface area contributed by atoms with Crippen LogP contribution in [0.4, 0.5) is 0 Å². The van der Waals surface area contributed by atoms with E-state index in [1.165, 1.54) is 0 Å². The Morgan fingerprint density at radius 3 is 2.29 bits per heavy atom. The van der Waals surface area contributed by atoms with Gasteiger partial charge in [-0.2, -0.15) is 0 Å². The predicted molar refractivity (Wildman–Crippen MR) is 94.9 cm³/mol. The Hall–Kier alpha value is -2.08. The number of nitrogens with two attached hydrogens (primary N) is 1. The summed E-state index contributed by atoms with van der Waals surface area (Å²) in [5, 5.41) is 0. The van der Waals surface area contributed by atoms with Crippen LogP contribution in [0.2, 0.25) is 0 Å². The Morgan fingerprint density at radius 2 is 1.71 bits per heavy atom. The van der Waals surface area contributed by atoms with Crippen molar-refractivity contribution < 1.29 is 4.79 Å². The number of fused-ring (bicyclic) bond motifs is 1. The highest BCUT2D eigenvalue weighted by atomic mass is 16.2. The van der Waals surface area contributed by atoms with E-state index >= 15 is 0 Å². The molecule has 0 bridgehead atoms. The zero-order chi connectivity index (χ0) is 17.1. The molecule has 2 N–H and O–H groups in total. The van der Waals surface area contributed by atoms with Crippen LogP contribution in [-0.2, 0) is 17.9 Å². The third-order valence-electron chi connectivity index (χ3n) is 4.81. The number of imidazole rings is 1. The number of nitrogens with zero attached hydrogens (tertiary/aromatic N) is 3. The Kier molecular flexibility index (Phi) is 5.04. The van der Waals surface area contributed by atoms with E-state index in [0.29, 0.717) is 19.5 Å². The summed E-state index contributed by atoms with van der Waals surface area (Å²) in [6.45, 7) is 4.64. The van der Waals surface area contributed by atoms with Crippen molar-refractivity contribution in [1.29, 1.82) is 0 Å². The lowest BCUT2D eigenvalue weighted by atomic mass is 10.1. The van der Waals surface area contributed by atoms with Crippen LogP contribution in [0.25, 0.3) is 11.0 Å². The number of benzene rings is 1. The van der Waals surface area contributed by atoms with Crippen LogP contribution < -0.4 is 11.4 Å². The molecule has 1 aliphatic rings. The van der Waals surface area contributed by atoms with Gasteiger partial charge in [-0.15, -0.1) is 0 Å². The van der Waals surface area contributed by atoms with Crippen LogP contribution in [-0.4, -0.2) is 39.1 Å². The molecule has 1 fully saturated rings. The van der Waals surface area contributed by atoms with Crippen LogP contribution in [0.1, 0.15) is 32.6 Å². The number of hydrogen-bond donors (Lipinski definition) is 1. The number of amides is 1. The predicted octanol–water partition coefficient (Wildman–Crippen LogP) is 1.55. The molecule has 0 atom stereocenters. The summed E-state index contributed by atoms with van der Waals surface area (Å²) >= 11 is 0. The zero-order valence-electron chi connectivity index (χ0n) is 14.3. The second-order valence-electron chi connectivity index (χ2n) is 6.54. The fourth-order valence-corrected chi connectivity index (χ4v) is 3.44. The smallest absolute Gasteiger partial charge is 0.329 e. The highest BCUT2D eigenvalue weighted by Crippen LogP contribution is 2.15. The third-order valence-corrected chi connectivity index (χ3v) is 4.81. The summed E-state index contributed by atoms with van der Waals surface area (Å²) in [6.07, 6.45) is 2.99. The molecule has 1 amide bonds. The van der Waals surface area contributed by atoms with Crippen molar-refractivity contribution >= 4 is 16.9 Å². The van der Waals surface area contributed by atoms with Crippen molar-refractivity contribution in [3.8, 4) is 0 Å². The first-order valence-corrected chi connectivity index (χ1v) is 8.83. The minimum Gasteiger partial charge on any atom is -0.343 e.